The average molecular weight is 292 g/mol. The van der Waals surface area contributed by atoms with E-state index in [-0.39, 0.29) is 0 Å². The van der Waals surface area contributed by atoms with Crippen molar-refractivity contribution in [2.24, 2.45) is 13.0 Å². The lowest BCUT2D eigenvalue weighted by atomic mass is 9.98. The van der Waals surface area contributed by atoms with Crippen LogP contribution in [0.25, 0.3) is 0 Å². The van der Waals surface area contributed by atoms with Crippen molar-refractivity contribution in [2.75, 3.05) is 19.6 Å². The van der Waals surface area contributed by atoms with E-state index in [1.165, 1.54) is 31.5 Å². The van der Waals surface area contributed by atoms with Crippen LogP contribution in [-0.2, 0) is 13.5 Å². The van der Waals surface area contributed by atoms with Crippen molar-refractivity contribution in [3.05, 3.63) is 18.0 Å². The fourth-order valence-electron chi connectivity index (χ4n) is 3.45. The van der Waals surface area contributed by atoms with E-state index in [1.54, 1.807) is 0 Å². The molecule has 1 aliphatic rings. The molecule has 2 atom stereocenters. The highest BCUT2D eigenvalue weighted by molar-refractivity contribution is 5.01. The van der Waals surface area contributed by atoms with E-state index in [9.17, 15) is 0 Å². The van der Waals surface area contributed by atoms with Gasteiger partial charge in [-0.2, -0.15) is 5.10 Å². The third-order valence-electron chi connectivity index (χ3n) is 4.57. The Labute approximate surface area is 129 Å². The molecular formula is C17H32N4. The number of aromatic nitrogens is 2. The van der Waals surface area contributed by atoms with Crippen molar-refractivity contribution >= 4 is 0 Å². The molecule has 2 unspecified atom stereocenters. The lowest BCUT2D eigenvalue weighted by molar-refractivity contribution is 0.116. The van der Waals surface area contributed by atoms with E-state index in [0.717, 1.165) is 25.4 Å². The first-order valence-corrected chi connectivity index (χ1v) is 8.54. The number of rotatable bonds is 7. The highest BCUT2D eigenvalue weighted by Crippen LogP contribution is 2.17. The maximum Gasteiger partial charge on any atom is 0.0492 e. The lowest BCUT2D eigenvalue weighted by Gasteiger charge is -2.41. The smallest absolute Gasteiger partial charge is 0.0492 e. The second kappa shape index (κ2) is 7.95. The maximum atomic E-state index is 4.28. The minimum absolute atomic E-state index is 0.657. The second-order valence-electron chi connectivity index (χ2n) is 6.87. The van der Waals surface area contributed by atoms with Gasteiger partial charge in [-0.15, -0.1) is 0 Å². The summed E-state index contributed by atoms with van der Waals surface area (Å²) in [7, 11) is 2.04. The summed E-state index contributed by atoms with van der Waals surface area (Å²) in [6.45, 7) is 10.4. The lowest BCUT2D eigenvalue weighted by Crippen LogP contribution is -2.57. The Morgan fingerprint density at radius 2 is 2.24 bits per heavy atom. The summed E-state index contributed by atoms with van der Waals surface area (Å²) in [6.07, 6.45) is 6.85. The van der Waals surface area contributed by atoms with E-state index in [0.29, 0.717) is 12.1 Å². The zero-order valence-corrected chi connectivity index (χ0v) is 14.2. The van der Waals surface area contributed by atoms with Gasteiger partial charge >= 0.3 is 0 Å². The van der Waals surface area contributed by atoms with Crippen LogP contribution in [0.3, 0.4) is 0 Å². The Morgan fingerprint density at radius 3 is 2.86 bits per heavy atom. The van der Waals surface area contributed by atoms with Crippen molar-refractivity contribution in [3.63, 3.8) is 0 Å². The van der Waals surface area contributed by atoms with Crippen molar-refractivity contribution in [3.8, 4) is 0 Å². The summed E-state index contributed by atoms with van der Waals surface area (Å²) in [5.41, 5.74) is 1.34. The van der Waals surface area contributed by atoms with Crippen LogP contribution in [0.1, 0.15) is 45.7 Å². The van der Waals surface area contributed by atoms with Crippen LogP contribution in [0.4, 0.5) is 0 Å². The van der Waals surface area contributed by atoms with Crippen molar-refractivity contribution in [2.45, 2.75) is 58.5 Å². The minimum Gasteiger partial charge on any atom is -0.311 e. The van der Waals surface area contributed by atoms with Crippen molar-refractivity contribution in [1.82, 2.24) is 20.0 Å². The second-order valence-corrected chi connectivity index (χ2v) is 6.87. The molecule has 2 rings (SSSR count). The van der Waals surface area contributed by atoms with Crippen LogP contribution in [0, 0.1) is 5.92 Å². The van der Waals surface area contributed by atoms with Crippen LogP contribution in [0.15, 0.2) is 12.3 Å². The molecule has 0 aromatic carbocycles. The Kier molecular flexibility index (Phi) is 6.24. The number of piperazine rings is 1. The molecular weight excluding hydrogens is 260 g/mol. The zero-order valence-electron chi connectivity index (χ0n) is 14.2. The molecule has 0 aliphatic carbocycles. The molecule has 4 heteroatoms. The number of hydrogen-bond acceptors (Lipinski definition) is 3. The summed E-state index contributed by atoms with van der Waals surface area (Å²) in [6, 6.07) is 3.50. The molecule has 4 nitrogen and oxygen atoms in total. The van der Waals surface area contributed by atoms with Gasteiger partial charge in [-0.1, -0.05) is 27.2 Å². The van der Waals surface area contributed by atoms with Crippen molar-refractivity contribution in [1.29, 1.82) is 0 Å². The number of nitrogens with one attached hydrogen (secondary N) is 1. The standard InChI is InChI=1S/C17H32N4/c1-5-6-17-12-18-15(11-14(2)3)13-21(17)10-8-16-7-9-19-20(16)4/h7,9,14-15,17-18H,5-6,8,10-13H2,1-4H3. The molecule has 1 aromatic rings. The third-order valence-corrected chi connectivity index (χ3v) is 4.57. The molecule has 21 heavy (non-hydrogen) atoms. The molecule has 0 spiro atoms. The van der Waals surface area contributed by atoms with Crippen molar-refractivity contribution < 1.29 is 0 Å². The molecule has 1 saturated heterocycles. The number of aryl methyl sites for hydroxylation is 1. The van der Waals surface area contributed by atoms with Gasteiger partial charge in [-0.25, -0.2) is 0 Å². The van der Waals surface area contributed by atoms with E-state index >= 15 is 0 Å². The largest absolute Gasteiger partial charge is 0.311 e. The number of nitrogens with zero attached hydrogens (tertiary/aromatic N) is 3. The Hall–Kier alpha value is -0.870. The molecule has 1 fully saturated rings. The summed E-state index contributed by atoms with van der Waals surface area (Å²) in [4.78, 5) is 2.71. The van der Waals surface area contributed by atoms with Gasteiger partial charge in [-0.3, -0.25) is 9.58 Å². The Bertz CT molecular complexity index is 413. The van der Waals surface area contributed by atoms with Gasteiger partial charge in [-0.05, 0) is 24.8 Å². The van der Waals surface area contributed by atoms with Gasteiger partial charge in [0.15, 0.2) is 0 Å². The van der Waals surface area contributed by atoms with E-state index < -0.39 is 0 Å². The Balaban J connectivity index is 1.92. The van der Waals surface area contributed by atoms with Crippen LogP contribution < -0.4 is 5.32 Å². The predicted molar refractivity (Wildman–Crippen MR) is 88.4 cm³/mol. The molecule has 2 heterocycles. The normalized spacial score (nSPS) is 23.9. The monoisotopic (exact) mass is 292 g/mol. The molecule has 0 bridgehead atoms. The molecule has 1 aromatic heterocycles. The summed E-state index contributed by atoms with van der Waals surface area (Å²) < 4.78 is 2.00. The number of hydrogen-bond donors (Lipinski definition) is 1. The van der Waals surface area contributed by atoms with Crippen LogP contribution in [0.2, 0.25) is 0 Å². The zero-order chi connectivity index (χ0) is 15.2. The fraction of sp³-hybridized carbons (Fsp3) is 0.824. The summed E-state index contributed by atoms with van der Waals surface area (Å²) in [5.74, 6) is 0.768. The molecule has 120 valence electrons. The van der Waals surface area contributed by atoms with Gasteiger partial charge in [0, 0.05) is 57.1 Å². The van der Waals surface area contributed by atoms with Gasteiger partial charge in [0.1, 0.15) is 0 Å². The average Bonchev–Trinajstić information content (AvgIpc) is 2.84. The third kappa shape index (κ3) is 4.82. The first kappa shape index (κ1) is 16.5. The molecule has 1 aliphatic heterocycles. The van der Waals surface area contributed by atoms with E-state index in [2.05, 4.69) is 42.2 Å². The molecule has 0 saturated carbocycles. The highest BCUT2D eigenvalue weighted by atomic mass is 15.3. The quantitative estimate of drug-likeness (QED) is 0.838. The van der Waals surface area contributed by atoms with Gasteiger partial charge < -0.3 is 5.32 Å². The summed E-state index contributed by atoms with van der Waals surface area (Å²) >= 11 is 0. The maximum absolute atomic E-state index is 4.28. The first-order valence-electron chi connectivity index (χ1n) is 8.54. The highest BCUT2D eigenvalue weighted by Gasteiger charge is 2.27. The SMILES string of the molecule is CCCC1CNC(CC(C)C)CN1CCc1ccnn1C. The first-order chi connectivity index (χ1) is 10.1. The molecule has 0 amide bonds. The van der Waals surface area contributed by atoms with Gasteiger partial charge in [0.2, 0.25) is 0 Å². The van der Waals surface area contributed by atoms with E-state index in [4.69, 9.17) is 0 Å². The predicted octanol–water partition coefficient (Wildman–Crippen LogP) is 2.45. The Morgan fingerprint density at radius 1 is 1.43 bits per heavy atom. The van der Waals surface area contributed by atoms with Crippen LogP contribution in [0.5, 0.6) is 0 Å². The molecule has 1 N–H and O–H groups in total. The van der Waals surface area contributed by atoms with Crippen LogP contribution in [-0.4, -0.2) is 46.4 Å². The summed E-state index contributed by atoms with van der Waals surface area (Å²) in [5, 5.41) is 8.04. The van der Waals surface area contributed by atoms with Crippen LogP contribution >= 0.6 is 0 Å². The van der Waals surface area contributed by atoms with E-state index in [1.807, 2.05) is 17.9 Å². The van der Waals surface area contributed by atoms with Gasteiger partial charge in [0.05, 0.1) is 0 Å². The topological polar surface area (TPSA) is 33.1 Å². The van der Waals surface area contributed by atoms with Gasteiger partial charge in [0.25, 0.3) is 0 Å². The minimum atomic E-state index is 0.657. The molecule has 0 radical (unpaired) electrons. The fourth-order valence-corrected chi connectivity index (χ4v) is 3.45.